The van der Waals surface area contributed by atoms with Crippen LogP contribution >= 0.6 is 12.2 Å². The lowest BCUT2D eigenvalue weighted by Gasteiger charge is -2.13. The van der Waals surface area contributed by atoms with Crippen LogP contribution in [0, 0.1) is 6.92 Å². The lowest BCUT2D eigenvalue weighted by Crippen LogP contribution is -2.25. The summed E-state index contributed by atoms with van der Waals surface area (Å²) in [5, 5.41) is 11.9. The van der Waals surface area contributed by atoms with E-state index in [-0.39, 0.29) is 17.9 Å². The first-order chi connectivity index (χ1) is 14.8. The highest BCUT2D eigenvalue weighted by Gasteiger charge is 2.22. The second kappa shape index (κ2) is 7.97. The van der Waals surface area contributed by atoms with Crippen LogP contribution in [0.4, 0.5) is 5.69 Å². The van der Waals surface area contributed by atoms with Crippen LogP contribution < -0.4 is 10.9 Å². The number of likely N-dealkylation sites (N-methyl/N-ethyl adjacent to an activating group) is 1. The number of Topliss-reactive ketones (excluding diaryl/α,β-unsaturated/α-hetero) is 1. The van der Waals surface area contributed by atoms with Gasteiger partial charge >= 0.3 is 0 Å². The van der Waals surface area contributed by atoms with Crippen molar-refractivity contribution in [2.24, 2.45) is 7.05 Å². The van der Waals surface area contributed by atoms with Crippen LogP contribution in [-0.4, -0.2) is 60.7 Å². The van der Waals surface area contributed by atoms with Crippen molar-refractivity contribution in [3.8, 4) is 0 Å². The predicted octanol–water partition coefficient (Wildman–Crippen LogP) is 1.82. The first-order valence-electron chi connectivity index (χ1n) is 9.57. The van der Waals surface area contributed by atoms with E-state index in [1.807, 2.05) is 33.2 Å². The zero-order chi connectivity index (χ0) is 22.3. The fourth-order valence-corrected chi connectivity index (χ4v) is 3.68. The molecule has 0 aliphatic heterocycles. The molecule has 0 amide bonds. The van der Waals surface area contributed by atoms with Gasteiger partial charge in [0.25, 0.3) is 5.56 Å². The van der Waals surface area contributed by atoms with Gasteiger partial charge in [-0.3, -0.25) is 19.1 Å². The molecule has 10 heteroatoms. The molecule has 31 heavy (non-hydrogen) atoms. The molecular weight excluding hydrogens is 414 g/mol. The predicted molar refractivity (Wildman–Crippen MR) is 123 cm³/mol. The number of nitrogens with zero attached hydrogens (tertiary/aromatic N) is 6. The molecule has 0 spiro atoms. The molecule has 4 rings (SSSR count). The van der Waals surface area contributed by atoms with Gasteiger partial charge in [0, 0.05) is 18.3 Å². The molecule has 0 saturated heterocycles. The van der Waals surface area contributed by atoms with Crippen LogP contribution in [-0.2, 0) is 7.05 Å². The number of hydrogen-bond acceptors (Lipinski definition) is 7. The van der Waals surface area contributed by atoms with Crippen molar-refractivity contribution in [3.05, 3.63) is 63.8 Å². The number of carbonyl (C=O) groups excluding carboxylic acids is 1. The molecule has 0 saturated carbocycles. The highest BCUT2D eigenvalue weighted by molar-refractivity contribution is 7.81. The molecule has 1 N–H and O–H groups in total. The average molecular weight is 436 g/mol. The number of ketones is 1. The Kier molecular flexibility index (Phi) is 5.34. The number of thiocarbonyl (C=S) groups is 1. The molecule has 0 aliphatic carbocycles. The molecule has 0 radical (unpaired) electrons. The van der Waals surface area contributed by atoms with Gasteiger partial charge < -0.3 is 10.2 Å². The van der Waals surface area contributed by atoms with E-state index in [9.17, 15) is 9.59 Å². The number of fused-ring (bicyclic) bond motifs is 3. The minimum absolute atomic E-state index is 0.117. The standard InChI is InChI=1S/C21H21N7O2S/c1-12-8-9-13(10-22-12)23-19(31)17-20-27(4)21(30)15-7-5-6-14(16(29)11-26(2)3)18(15)28(20)25-24-17/h5-10H,11H2,1-4H3,(H,23,31). The Morgan fingerprint density at radius 1 is 1.23 bits per heavy atom. The maximum atomic E-state index is 13.1. The summed E-state index contributed by atoms with van der Waals surface area (Å²) in [6.45, 7) is 2.10. The van der Waals surface area contributed by atoms with Crippen LogP contribution in [0.3, 0.4) is 0 Å². The van der Waals surface area contributed by atoms with E-state index in [1.165, 1.54) is 9.08 Å². The van der Waals surface area contributed by atoms with Crippen molar-refractivity contribution >= 4 is 45.2 Å². The molecule has 4 aromatic rings. The Labute approximate surface area is 183 Å². The molecule has 0 aliphatic rings. The summed E-state index contributed by atoms with van der Waals surface area (Å²) in [5.74, 6) is -0.117. The normalized spacial score (nSPS) is 11.4. The Bertz CT molecular complexity index is 1390. The van der Waals surface area contributed by atoms with Crippen molar-refractivity contribution in [2.75, 3.05) is 26.0 Å². The zero-order valence-corrected chi connectivity index (χ0v) is 18.4. The number of pyridine rings is 1. The number of para-hydroxylation sites is 1. The zero-order valence-electron chi connectivity index (χ0n) is 17.6. The van der Waals surface area contributed by atoms with Crippen molar-refractivity contribution in [2.45, 2.75) is 6.92 Å². The minimum atomic E-state index is -0.259. The van der Waals surface area contributed by atoms with Crippen LogP contribution in [0.15, 0.2) is 41.3 Å². The second-order valence-electron chi connectivity index (χ2n) is 7.54. The molecule has 0 unspecified atom stereocenters. The van der Waals surface area contributed by atoms with E-state index in [1.54, 1.807) is 36.3 Å². The monoisotopic (exact) mass is 435 g/mol. The number of carbonyl (C=O) groups is 1. The lowest BCUT2D eigenvalue weighted by molar-refractivity contribution is 0.0959. The van der Waals surface area contributed by atoms with Gasteiger partial charge in [-0.25, -0.2) is 0 Å². The van der Waals surface area contributed by atoms with E-state index < -0.39 is 0 Å². The smallest absolute Gasteiger partial charge is 0.261 e. The quantitative estimate of drug-likeness (QED) is 0.375. The second-order valence-corrected chi connectivity index (χ2v) is 7.95. The van der Waals surface area contributed by atoms with E-state index in [0.29, 0.717) is 38.5 Å². The molecule has 0 fully saturated rings. The SMILES string of the molecule is Cc1ccc(NC(=S)c2nnn3c4c(C(=O)CN(C)C)cccc4c(=O)n(C)c23)cn1. The number of aryl methyl sites for hydroxylation is 2. The number of nitrogens with one attached hydrogen (secondary N) is 1. The van der Waals surface area contributed by atoms with Crippen molar-refractivity contribution in [1.29, 1.82) is 0 Å². The lowest BCUT2D eigenvalue weighted by atomic mass is 10.1. The molecule has 1 aromatic carbocycles. The third-order valence-corrected chi connectivity index (χ3v) is 5.19. The highest BCUT2D eigenvalue weighted by atomic mass is 32.1. The average Bonchev–Trinajstić information content (AvgIpc) is 3.18. The maximum Gasteiger partial charge on any atom is 0.261 e. The van der Waals surface area contributed by atoms with E-state index >= 15 is 0 Å². The molecule has 0 bridgehead atoms. The van der Waals surface area contributed by atoms with Crippen molar-refractivity contribution in [1.82, 2.24) is 29.3 Å². The summed E-state index contributed by atoms with van der Waals surface area (Å²) in [6.07, 6.45) is 1.67. The van der Waals surface area contributed by atoms with Gasteiger partial charge in [-0.2, -0.15) is 4.52 Å². The molecule has 0 atom stereocenters. The van der Waals surface area contributed by atoms with Crippen molar-refractivity contribution in [3.63, 3.8) is 0 Å². The van der Waals surface area contributed by atoms with Gasteiger partial charge in [0.05, 0.1) is 29.3 Å². The summed E-state index contributed by atoms with van der Waals surface area (Å²) in [5.41, 5.74) is 2.90. The highest BCUT2D eigenvalue weighted by Crippen LogP contribution is 2.20. The van der Waals surface area contributed by atoms with E-state index in [2.05, 4.69) is 20.6 Å². The van der Waals surface area contributed by atoms with Gasteiger partial charge in [0.2, 0.25) is 0 Å². The fraction of sp³-hybridized carbons (Fsp3) is 0.238. The van der Waals surface area contributed by atoms with Crippen LogP contribution in [0.5, 0.6) is 0 Å². The summed E-state index contributed by atoms with van der Waals surface area (Å²) in [7, 11) is 5.26. The van der Waals surface area contributed by atoms with Crippen molar-refractivity contribution < 1.29 is 4.79 Å². The van der Waals surface area contributed by atoms with Gasteiger partial charge in [0.15, 0.2) is 17.1 Å². The third kappa shape index (κ3) is 3.71. The van der Waals surface area contributed by atoms with Gasteiger partial charge in [-0.05, 0) is 45.3 Å². The molecule has 9 nitrogen and oxygen atoms in total. The molecule has 3 aromatic heterocycles. The van der Waals surface area contributed by atoms with Gasteiger partial charge in [0.1, 0.15) is 4.99 Å². The van der Waals surface area contributed by atoms with Crippen LogP contribution in [0.2, 0.25) is 0 Å². The molecular formula is C21H21N7O2S. The fourth-order valence-electron chi connectivity index (χ4n) is 3.43. The molecule has 3 heterocycles. The Balaban J connectivity index is 1.90. The number of rotatable bonds is 5. The largest absolute Gasteiger partial charge is 0.343 e. The Morgan fingerprint density at radius 3 is 2.68 bits per heavy atom. The first-order valence-corrected chi connectivity index (χ1v) is 9.98. The van der Waals surface area contributed by atoms with Gasteiger partial charge in [-0.15, -0.1) is 5.10 Å². The number of benzene rings is 1. The molecule has 158 valence electrons. The first kappa shape index (κ1) is 20.8. The number of anilines is 1. The Hall–Kier alpha value is -3.50. The summed E-state index contributed by atoms with van der Waals surface area (Å²) in [4.78, 5) is 32.3. The van der Waals surface area contributed by atoms with Gasteiger partial charge in [-0.1, -0.05) is 23.5 Å². The van der Waals surface area contributed by atoms with Crippen LogP contribution in [0.1, 0.15) is 21.7 Å². The topological polar surface area (TPSA) is 97.4 Å². The third-order valence-electron chi connectivity index (χ3n) is 4.89. The Morgan fingerprint density at radius 2 is 2.00 bits per heavy atom. The summed E-state index contributed by atoms with van der Waals surface area (Å²) in [6, 6.07) is 8.79. The van der Waals surface area contributed by atoms with E-state index in [4.69, 9.17) is 12.2 Å². The summed E-state index contributed by atoms with van der Waals surface area (Å²) < 4.78 is 2.95. The minimum Gasteiger partial charge on any atom is -0.343 e. The van der Waals surface area contributed by atoms with E-state index in [0.717, 1.165) is 5.69 Å². The number of aromatic nitrogens is 5. The van der Waals surface area contributed by atoms with Crippen LogP contribution in [0.25, 0.3) is 16.6 Å². The summed E-state index contributed by atoms with van der Waals surface area (Å²) >= 11 is 5.54. The number of hydrogen-bond donors (Lipinski definition) is 1. The maximum absolute atomic E-state index is 13.1.